The molecular formula is C23H16N4. The van der Waals surface area contributed by atoms with E-state index >= 15 is 0 Å². The van der Waals surface area contributed by atoms with Gasteiger partial charge in [0, 0.05) is 16.7 Å². The molecule has 0 aliphatic heterocycles. The first-order valence-corrected chi connectivity index (χ1v) is 8.60. The van der Waals surface area contributed by atoms with Gasteiger partial charge in [-0.2, -0.15) is 0 Å². The summed E-state index contributed by atoms with van der Waals surface area (Å²) in [4.78, 5) is 17.6. The highest BCUT2D eigenvalue weighted by Gasteiger charge is 2.13. The fourth-order valence-corrected chi connectivity index (χ4v) is 2.88. The maximum atomic E-state index is 7.26. The van der Waals surface area contributed by atoms with Crippen molar-refractivity contribution in [1.29, 1.82) is 0 Å². The van der Waals surface area contributed by atoms with Crippen molar-refractivity contribution in [2.75, 3.05) is 0 Å². The van der Waals surface area contributed by atoms with Gasteiger partial charge in [0.25, 0.3) is 0 Å². The van der Waals surface area contributed by atoms with E-state index in [0.29, 0.717) is 23.2 Å². The Bertz CT molecular complexity index is 1140. The summed E-state index contributed by atoms with van der Waals surface area (Å²) in [7, 11) is 0. The topological polar surface area (TPSA) is 43.0 Å². The quantitative estimate of drug-likeness (QED) is 0.444. The van der Waals surface area contributed by atoms with Gasteiger partial charge >= 0.3 is 0 Å². The van der Waals surface area contributed by atoms with Crippen LogP contribution >= 0.6 is 0 Å². The van der Waals surface area contributed by atoms with Crippen molar-refractivity contribution in [1.82, 2.24) is 15.0 Å². The molecule has 1 heterocycles. The molecule has 0 radical (unpaired) electrons. The molecule has 0 fully saturated rings. The van der Waals surface area contributed by atoms with Crippen molar-refractivity contribution < 1.29 is 0 Å². The normalized spacial score (nSPS) is 10.4. The van der Waals surface area contributed by atoms with Crippen LogP contribution in [0.15, 0.2) is 78.9 Å². The number of hydrogen-bond acceptors (Lipinski definition) is 3. The zero-order chi connectivity index (χ0) is 18.6. The first-order chi connectivity index (χ1) is 13.2. The van der Waals surface area contributed by atoms with Gasteiger partial charge in [0.05, 0.1) is 6.57 Å². The van der Waals surface area contributed by atoms with Crippen LogP contribution in [0.1, 0.15) is 5.56 Å². The van der Waals surface area contributed by atoms with Gasteiger partial charge < -0.3 is 0 Å². The average molecular weight is 348 g/mol. The van der Waals surface area contributed by atoms with Gasteiger partial charge in [-0.1, -0.05) is 72.8 Å². The molecule has 0 aliphatic rings. The summed E-state index contributed by atoms with van der Waals surface area (Å²) < 4.78 is 0. The average Bonchev–Trinajstić information content (AvgIpc) is 2.74. The lowest BCUT2D eigenvalue weighted by atomic mass is 10.1. The third-order valence-corrected chi connectivity index (χ3v) is 4.29. The fourth-order valence-electron chi connectivity index (χ4n) is 2.88. The Morgan fingerprint density at radius 2 is 1.30 bits per heavy atom. The van der Waals surface area contributed by atoms with Gasteiger partial charge in [0.2, 0.25) is 0 Å². The number of nitrogens with zero attached hydrogens (tertiary/aromatic N) is 4. The van der Waals surface area contributed by atoms with Crippen LogP contribution in [0.25, 0.3) is 39.0 Å². The van der Waals surface area contributed by atoms with Crippen LogP contribution in [0.4, 0.5) is 5.69 Å². The van der Waals surface area contributed by atoms with Crippen molar-refractivity contribution in [2.24, 2.45) is 0 Å². The predicted molar refractivity (Wildman–Crippen MR) is 107 cm³/mol. The molecule has 1 aromatic heterocycles. The summed E-state index contributed by atoms with van der Waals surface area (Å²) in [5, 5.41) is 0. The zero-order valence-corrected chi connectivity index (χ0v) is 14.8. The lowest BCUT2D eigenvalue weighted by Gasteiger charge is -2.10. The van der Waals surface area contributed by atoms with Crippen molar-refractivity contribution in [3.8, 4) is 34.2 Å². The van der Waals surface area contributed by atoms with E-state index in [1.54, 1.807) is 12.1 Å². The molecule has 0 amide bonds. The summed E-state index contributed by atoms with van der Waals surface area (Å²) in [6.07, 6.45) is 0. The molecule has 0 bridgehead atoms. The lowest BCUT2D eigenvalue weighted by Crippen LogP contribution is -2.00. The standard InChI is InChI=1S/C23H16N4/c1-16-9-6-7-14-20(16)23-26-21(17-10-4-3-5-11-17)25-22(27-23)18-12-8-13-19(15-18)24-2/h3-15H,1H3. The Morgan fingerprint density at radius 1 is 0.667 bits per heavy atom. The molecule has 3 aromatic carbocycles. The van der Waals surface area contributed by atoms with Crippen LogP contribution in [0.2, 0.25) is 0 Å². The second kappa shape index (κ2) is 7.19. The summed E-state index contributed by atoms with van der Waals surface area (Å²) in [6, 6.07) is 25.2. The van der Waals surface area contributed by atoms with Gasteiger partial charge in [0.15, 0.2) is 23.2 Å². The smallest absolute Gasteiger partial charge is 0.187 e. The fraction of sp³-hybridized carbons (Fsp3) is 0.0435. The van der Waals surface area contributed by atoms with Crippen LogP contribution in [-0.4, -0.2) is 15.0 Å². The van der Waals surface area contributed by atoms with E-state index in [1.807, 2.05) is 73.7 Å². The molecule has 27 heavy (non-hydrogen) atoms. The highest BCUT2D eigenvalue weighted by atomic mass is 15.0. The molecule has 0 saturated carbocycles. The Morgan fingerprint density at radius 3 is 2.04 bits per heavy atom. The third kappa shape index (κ3) is 3.44. The molecule has 0 unspecified atom stereocenters. The SMILES string of the molecule is [C-]#[N+]c1cccc(-c2nc(-c3ccccc3)nc(-c3ccccc3C)n2)c1. The van der Waals surface area contributed by atoms with E-state index in [2.05, 4.69) is 9.83 Å². The molecular weight excluding hydrogens is 332 g/mol. The van der Waals surface area contributed by atoms with E-state index in [-0.39, 0.29) is 0 Å². The van der Waals surface area contributed by atoms with Crippen molar-refractivity contribution in [3.05, 3.63) is 95.8 Å². The van der Waals surface area contributed by atoms with Crippen LogP contribution in [-0.2, 0) is 0 Å². The van der Waals surface area contributed by atoms with Crippen LogP contribution in [0, 0.1) is 13.5 Å². The van der Waals surface area contributed by atoms with Crippen LogP contribution < -0.4 is 0 Å². The molecule has 128 valence electrons. The molecule has 0 N–H and O–H groups in total. The molecule has 0 saturated heterocycles. The van der Waals surface area contributed by atoms with Gasteiger partial charge in [0.1, 0.15) is 0 Å². The second-order valence-electron chi connectivity index (χ2n) is 6.15. The first kappa shape index (κ1) is 16.6. The van der Waals surface area contributed by atoms with E-state index in [4.69, 9.17) is 16.5 Å². The van der Waals surface area contributed by atoms with Crippen LogP contribution in [0.3, 0.4) is 0 Å². The zero-order valence-electron chi connectivity index (χ0n) is 14.8. The summed E-state index contributed by atoms with van der Waals surface area (Å²) in [5.74, 6) is 1.81. The minimum Gasteiger partial charge on any atom is -0.238 e. The van der Waals surface area contributed by atoms with Crippen molar-refractivity contribution >= 4 is 5.69 Å². The van der Waals surface area contributed by atoms with E-state index in [1.165, 1.54) is 0 Å². The Kier molecular flexibility index (Phi) is 4.42. The number of benzene rings is 3. The summed E-state index contributed by atoms with van der Waals surface area (Å²) >= 11 is 0. The van der Waals surface area contributed by atoms with Gasteiger partial charge in [-0.3, -0.25) is 0 Å². The van der Waals surface area contributed by atoms with Crippen molar-refractivity contribution in [3.63, 3.8) is 0 Å². The highest BCUT2D eigenvalue weighted by Crippen LogP contribution is 2.27. The molecule has 0 atom stereocenters. The molecule has 4 rings (SSSR count). The third-order valence-electron chi connectivity index (χ3n) is 4.29. The Balaban J connectivity index is 1.95. The van der Waals surface area contributed by atoms with E-state index < -0.39 is 0 Å². The number of aryl methyl sites for hydroxylation is 1. The molecule has 4 nitrogen and oxygen atoms in total. The molecule has 0 spiro atoms. The summed E-state index contributed by atoms with van der Waals surface area (Å²) in [6.45, 7) is 9.30. The minimum absolute atomic E-state index is 0.562. The van der Waals surface area contributed by atoms with Gasteiger partial charge in [-0.15, -0.1) is 0 Å². The largest absolute Gasteiger partial charge is 0.238 e. The van der Waals surface area contributed by atoms with E-state index in [9.17, 15) is 0 Å². The number of rotatable bonds is 3. The lowest BCUT2D eigenvalue weighted by molar-refractivity contribution is 1.07. The Hall–Kier alpha value is -3.84. The predicted octanol–water partition coefficient (Wildman–Crippen LogP) is 5.73. The molecule has 0 aliphatic carbocycles. The Labute approximate surface area is 158 Å². The molecule has 4 heteroatoms. The van der Waals surface area contributed by atoms with E-state index in [0.717, 1.165) is 22.3 Å². The monoisotopic (exact) mass is 348 g/mol. The second-order valence-corrected chi connectivity index (χ2v) is 6.15. The summed E-state index contributed by atoms with van der Waals surface area (Å²) in [5.41, 5.74) is 4.37. The van der Waals surface area contributed by atoms with Gasteiger partial charge in [-0.25, -0.2) is 19.8 Å². The maximum Gasteiger partial charge on any atom is 0.187 e. The number of aromatic nitrogens is 3. The first-order valence-electron chi connectivity index (χ1n) is 8.60. The van der Waals surface area contributed by atoms with Gasteiger partial charge in [-0.05, 0) is 18.6 Å². The number of hydrogen-bond donors (Lipinski definition) is 0. The van der Waals surface area contributed by atoms with Crippen LogP contribution in [0.5, 0.6) is 0 Å². The minimum atomic E-state index is 0.562. The van der Waals surface area contributed by atoms with Crippen molar-refractivity contribution in [2.45, 2.75) is 6.92 Å². The highest BCUT2D eigenvalue weighted by molar-refractivity contribution is 5.69. The maximum absolute atomic E-state index is 7.26. The molecule has 4 aromatic rings.